The minimum atomic E-state index is -4.92. The molecule has 6 atom stereocenters. The molecule has 2 bridgehead atoms. The van der Waals surface area contributed by atoms with Crippen LogP contribution in [0.15, 0.2) is 0 Å². The molecule has 0 amide bonds. The average molecular weight is 358 g/mol. The fraction of sp³-hybridized carbons (Fsp3) is 0.895. The Hall–Kier alpha value is -1.07. The van der Waals surface area contributed by atoms with Crippen molar-refractivity contribution in [1.82, 2.24) is 0 Å². The van der Waals surface area contributed by atoms with Gasteiger partial charge >= 0.3 is 12.1 Å². The highest BCUT2D eigenvalue weighted by Crippen LogP contribution is 2.71. The number of rotatable bonds is 4. The Morgan fingerprint density at radius 2 is 1.72 bits per heavy atom. The number of hydrogen-bond donors (Lipinski definition) is 0. The van der Waals surface area contributed by atoms with E-state index in [-0.39, 0.29) is 23.0 Å². The first kappa shape index (κ1) is 17.3. The van der Waals surface area contributed by atoms with Crippen molar-refractivity contribution < 1.29 is 27.5 Å². The van der Waals surface area contributed by atoms with Gasteiger partial charge in [-0.25, -0.2) is 4.79 Å². The molecule has 4 rings (SSSR count). The molecule has 0 heterocycles. The van der Waals surface area contributed by atoms with Crippen LogP contribution in [-0.2, 0) is 14.3 Å². The molecule has 0 saturated heterocycles. The van der Waals surface area contributed by atoms with Crippen molar-refractivity contribution in [3.63, 3.8) is 0 Å². The molecule has 5 unspecified atom stereocenters. The van der Waals surface area contributed by atoms with E-state index < -0.39 is 18.2 Å². The van der Waals surface area contributed by atoms with Gasteiger partial charge in [0.05, 0.1) is 0 Å². The summed E-state index contributed by atoms with van der Waals surface area (Å²) < 4.78 is 42.3. The van der Waals surface area contributed by atoms with Crippen molar-refractivity contribution in [3.05, 3.63) is 0 Å². The number of ketones is 1. The Morgan fingerprint density at radius 1 is 1.04 bits per heavy atom. The summed E-state index contributed by atoms with van der Waals surface area (Å²) in [4.78, 5) is 23.1. The Bertz CT molecular complexity index is 581. The maximum absolute atomic E-state index is 12.5. The summed E-state index contributed by atoms with van der Waals surface area (Å²) in [5, 5.41) is 0. The summed E-state index contributed by atoms with van der Waals surface area (Å²) in [7, 11) is 0. The SMILES string of the molecule is CC(=O)C1C[C@H]1C1(C2CCCC2)CC2CC1CC2OC(=O)C(F)(F)F. The van der Waals surface area contributed by atoms with Crippen LogP contribution in [0.25, 0.3) is 0 Å². The number of hydrogen-bond acceptors (Lipinski definition) is 3. The Kier molecular flexibility index (Phi) is 3.97. The lowest BCUT2D eigenvalue weighted by atomic mass is 9.60. The standard InChI is InChI=1S/C19H25F3O3/c1-10(23)14-8-15(14)18(12-4-2-3-5-12)9-11-6-13(18)7-16(11)25-17(24)19(20,21)22/h11-16H,2-9H2,1H3/t11?,13?,14?,15-,16?,18?/m1/s1. The average Bonchev–Trinajstić information content (AvgIpc) is 2.86. The fourth-order valence-corrected chi connectivity index (χ4v) is 6.67. The van der Waals surface area contributed by atoms with Crippen LogP contribution in [0.4, 0.5) is 13.2 Å². The molecule has 6 heteroatoms. The topological polar surface area (TPSA) is 43.4 Å². The molecule has 0 spiro atoms. The molecule has 140 valence electrons. The van der Waals surface area contributed by atoms with Crippen LogP contribution < -0.4 is 0 Å². The van der Waals surface area contributed by atoms with Crippen molar-refractivity contribution in [2.24, 2.45) is 35.0 Å². The molecule has 0 radical (unpaired) electrons. The maximum Gasteiger partial charge on any atom is 0.490 e. The summed E-state index contributed by atoms with van der Waals surface area (Å²) in [6.45, 7) is 1.66. The third-order valence-corrected chi connectivity index (χ3v) is 7.61. The molecule has 0 aromatic carbocycles. The second-order valence-electron chi connectivity index (χ2n) is 8.73. The molecule has 0 aliphatic heterocycles. The number of alkyl halides is 3. The van der Waals surface area contributed by atoms with E-state index in [4.69, 9.17) is 4.74 Å². The van der Waals surface area contributed by atoms with Gasteiger partial charge in [-0.15, -0.1) is 0 Å². The van der Waals surface area contributed by atoms with Gasteiger partial charge in [-0.3, -0.25) is 4.79 Å². The van der Waals surface area contributed by atoms with E-state index in [1.165, 1.54) is 25.7 Å². The van der Waals surface area contributed by atoms with Gasteiger partial charge in [0.15, 0.2) is 0 Å². The minimum Gasteiger partial charge on any atom is -0.455 e. The fourth-order valence-electron chi connectivity index (χ4n) is 6.67. The quantitative estimate of drug-likeness (QED) is 0.704. The predicted molar refractivity (Wildman–Crippen MR) is 83.4 cm³/mol. The van der Waals surface area contributed by atoms with Gasteiger partial charge in [0, 0.05) is 5.92 Å². The Morgan fingerprint density at radius 3 is 2.20 bits per heavy atom. The van der Waals surface area contributed by atoms with Crippen molar-refractivity contribution in [3.8, 4) is 0 Å². The molecule has 3 nitrogen and oxygen atoms in total. The molecule has 25 heavy (non-hydrogen) atoms. The molecule has 0 aromatic heterocycles. The third-order valence-electron chi connectivity index (χ3n) is 7.61. The number of halogens is 3. The van der Waals surface area contributed by atoms with Crippen LogP contribution in [-0.4, -0.2) is 24.0 Å². The molecule has 0 N–H and O–H groups in total. The van der Waals surface area contributed by atoms with Crippen molar-refractivity contribution in [2.45, 2.75) is 70.6 Å². The molecular formula is C19H25F3O3. The number of carbonyl (C=O) groups is 2. The van der Waals surface area contributed by atoms with Gasteiger partial charge in [0.2, 0.25) is 0 Å². The van der Waals surface area contributed by atoms with E-state index in [0.717, 1.165) is 19.3 Å². The number of Topliss-reactive ketones (excluding diaryl/α,β-unsaturated/α-hetero) is 1. The number of ether oxygens (including phenoxy) is 1. The largest absolute Gasteiger partial charge is 0.490 e. The van der Waals surface area contributed by atoms with Crippen LogP contribution in [0.2, 0.25) is 0 Å². The van der Waals surface area contributed by atoms with Crippen LogP contribution in [0.5, 0.6) is 0 Å². The molecule has 4 fully saturated rings. The van der Waals surface area contributed by atoms with E-state index >= 15 is 0 Å². The highest BCUT2D eigenvalue weighted by molar-refractivity contribution is 5.81. The maximum atomic E-state index is 12.5. The smallest absolute Gasteiger partial charge is 0.455 e. The monoisotopic (exact) mass is 358 g/mol. The van der Waals surface area contributed by atoms with Gasteiger partial charge in [-0.05, 0) is 74.5 Å². The first-order chi connectivity index (χ1) is 11.7. The zero-order valence-corrected chi connectivity index (χ0v) is 14.5. The highest BCUT2D eigenvalue weighted by atomic mass is 19.4. The van der Waals surface area contributed by atoms with Gasteiger partial charge in [-0.2, -0.15) is 13.2 Å². The molecule has 4 aliphatic rings. The molecule has 0 aromatic rings. The van der Waals surface area contributed by atoms with Crippen LogP contribution in [0, 0.1) is 35.0 Å². The molecule has 4 saturated carbocycles. The first-order valence-electron chi connectivity index (χ1n) is 9.51. The third kappa shape index (κ3) is 2.71. The molecular weight excluding hydrogens is 333 g/mol. The van der Waals surface area contributed by atoms with Crippen molar-refractivity contribution in [1.29, 1.82) is 0 Å². The zero-order valence-electron chi connectivity index (χ0n) is 14.5. The summed E-state index contributed by atoms with van der Waals surface area (Å²) in [5.41, 5.74) is 0.110. The van der Waals surface area contributed by atoms with E-state index in [2.05, 4.69) is 0 Å². The number of fused-ring (bicyclic) bond motifs is 2. The summed E-state index contributed by atoms with van der Waals surface area (Å²) >= 11 is 0. The second kappa shape index (κ2) is 5.71. The van der Waals surface area contributed by atoms with Crippen molar-refractivity contribution in [2.75, 3.05) is 0 Å². The lowest BCUT2D eigenvalue weighted by Crippen LogP contribution is -2.43. The van der Waals surface area contributed by atoms with Crippen LogP contribution in [0.3, 0.4) is 0 Å². The summed E-state index contributed by atoms with van der Waals surface area (Å²) in [6.07, 6.45) is 2.46. The van der Waals surface area contributed by atoms with E-state index in [9.17, 15) is 22.8 Å². The first-order valence-corrected chi connectivity index (χ1v) is 9.51. The lowest BCUT2D eigenvalue weighted by molar-refractivity contribution is -0.208. The second-order valence-corrected chi connectivity index (χ2v) is 8.73. The lowest BCUT2D eigenvalue weighted by Gasteiger charge is -2.45. The summed E-state index contributed by atoms with van der Waals surface area (Å²) in [6, 6.07) is 0. The van der Waals surface area contributed by atoms with E-state index in [0.29, 0.717) is 24.2 Å². The summed E-state index contributed by atoms with van der Waals surface area (Å²) in [5.74, 6) is -0.310. The van der Waals surface area contributed by atoms with Crippen LogP contribution in [0.1, 0.15) is 58.3 Å². The van der Waals surface area contributed by atoms with Crippen LogP contribution >= 0.6 is 0 Å². The van der Waals surface area contributed by atoms with Gasteiger partial charge in [0.25, 0.3) is 0 Å². The van der Waals surface area contributed by atoms with Gasteiger partial charge in [-0.1, -0.05) is 12.8 Å². The van der Waals surface area contributed by atoms with E-state index in [1.807, 2.05) is 0 Å². The zero-order chi connectivity index (χ0) is 18.0. The van der Waals surface area contributed by atoms with Gasteiger partial charge < -0.3 is 4.74 Å². The number of esters is 1. The Balaban J connectivity index is 1.51. The van der Waals surface area contributed by atoms with Gasteiger partial charge in [0.1, 0.15) is 11.9 Å². The minimum absolute atomic E-state index is 0.0325. The normalized spacial score (nSPS) is 43.4. The number of carbonyl (C=O) groups excluding carboxylic acids is 2. The Labute approximate surface area is 145 Å². The van der Waals surface area contributed by atoms with Crippen molar-refractivity contribution >= 4 is 11.8 Å². The highest BCUT2D eigenvalue weighted by Gasteiger charge is 2.67. The predicted octanol–water partition coefficient (Wildman–Crippen LogP) is 4.29. The molecule has 4 aliphatic carbocycles. The van der Waals surface area contributed by atoms with E-state index in [1.54, 1.807) is 6.92 Å².